The van der Waals surface area contributed by atoms with Crippen molar-refractivity contribution in [1.29, 1.82) is 0 Å². The van der Waals surface area contributed by atoms with Gasteiger partial charge in [0.15, 0.2) is 0 Å². The minimum Gasteiger partial charge on any atom is -0.481 e. The maximum atomic E-state index is 11.0. The van der Waals surface area contributed by atoms with Crippen LogP contribution in [0, 0.1) is 0 Å². The molecule has 0 spiro atoms. The van der Waals surface area contributed by atoms with Crippen LogP contribution in [-0.4, -0.2) is 20.9 Å². The second-order valence-electron chi connectivity index (χ2n) is 3.72. The van der Waals surface area contributed by atoms with Gasteiger partial charge < -0.3 is 5.11 Å². The smallest absolute Gasteiger partial charge is 0.311 e. The molecule has 1 aromatic heterocycles. The molecule has 4 heteroatoms. The van der Waals surface area contributed by atoms with Gasteiger partial charge in [0.05, 0.1) is 12.1 Å². The molecule has 0 radical (unpaired) electrons. The van der Waals surface area contributed by atoms with Gasteiger partial charge in [-0.1, -0.05) is 20.3 Å². The van der Waals surface area contributed by atoms with Crippen LogP contribution < -0.4 is 0 Å². The van der Waals surface area contributed by atoms with Gasteiger partial charge in [-0.3, -0.25) is 9.48 Å². The Kier molecular flexibility index (Phi) is 4.34. The summed E-state index contributed by atoms with van der Waals surface area (Å²) in [6, 6.07) is 0. The molecule has 1 rings (SSSR count). The van der Waals surface area contributed by atoms with Crippen molar-refractivity contribution in [2.75, 3.05) is 0 Å². The summed E-state index contributed by atoms with van der Waals surface area (Å²) in [4.78, 5) is 11.0. The van der Waals surface area contributed by atoms with Gasteiger partial charge in [-0.15, -0.1) is 0 Å². The summed E-state index contributed by atoms with van der Waals surface area (Å²) >= 11 is 0. The van der Waals surface area contributed by atoms with Gasteiger partial charge in [-0.05, 0) is 12.8 Å². The molecule has 1 atom stereocenters. The average Bonchev–Trinajstić information content (AvgIpc) is 2.62. The molecule has 0 fully saturated rings. The van der Waals surface area contributed by atoms with E-state index >= 15 is 0 Å². The van der Waals surface area contributed by atoms with Crippen LogP contribution in [0.5, 0.6) is 0 Å². The van der Waals surface area contributed by atoms with E-state index in [4.69, 9.17) is 5.11 Å². The monoisotopic (exact) mass is 210 g/mol. The largest absolute Gasteiger partial charge is 0.481 e. The summed E-state index contributed by atoms with van der Waals surface area (Å²) < 4.78 is 1.81. The van der Waals surface area contributed by atoms with Crippen LogP contribution in [0.2, 0.25) is 0 Å². The normalized spacial score (nSPS) is 12.7. The summed E-state index contributed by atoms with van der Waals surface area (Å²) in [5.74, 6) is -1.16. The van der Waals surface area contributed by atoms with E-state index in [2.05, 4.69) is 12.0 Å². The third-order valence-corrected chi connectivity index (χ3v) is 2.38. The highest BCUT2D eigenvalue weighted by atomic mass is 16.4. The molecule has 0 amide bonds. The van der Waals surface area contributed by atoms with E-state index in [0.29, 0.717) is 6.42 Å². The molecule has 0 aliphatic heterocycles. The highest BCUT2D eigenvalue weighted by Gasteiger charge is 2.20. The first kappa shape index (κ1) is 11.8. The fourth-order valence-corrected chi connectivity index (χ4v) is 1.63. The number of carboxylic acid groups (broad SMARTS) is 1. The van der Waals surface area contributed by atoms with Gasteiger partial charge >= 0.3 is 5.97 Å². The zero-order valence-corrected chi connectivity index (χ0v) is 9.31. The Hall–Kier alpha value is -1.32. The quantitative estimate of drug-likeness (QED) is 0.783. The molecule has 1 aromatic rings. The van der Waals surface area contributed by atoms with Crippen LogP contribution in [-0.2, 0) is 11.3 Å². The standard InChI is InChI=1S/C11H18N2O2/c1-3-5-10(11(14)15)9-7-12-13(8-9)6-4-2/h7-8,10H,3-6H2,1-2H3,(H,14,15). The summed E-state index contributed by atoms with van der Waals surface area (Å²) in [5.41, 5.74) is 0.817. The minimum absolute atomic E-state index is 0.402. The van der Waals surface area contributed by atoms with Crippen LogP contribution >= 0.6 is 0 Å². The molecule has 4 nitrogen and oxygen atoms in total. The van der Waals surface area contributed by atoms with Crippen LogP contribution in [0.15, 0.2) is 12.4 Å². The maximum absolute atomic E-state index is 11.0. The molecule has 0 aliphatic carbocycles. The zero-order chi connectivity index (χ0) is 11.3. The van der Waals surface area contributed by atoms with Crippen molar-refractivity contribution < 1.29 is 9.90 Å². The Labute approximate surface area is 89.9 Å². The molecule has 0 aliphatic rings. The predicted molar refractivity (Wildman–Crippen MR) is 57.8 cm³/mol. The fraction of sp³-hybridized carbons (Fsp3) is 0.636. The molecule has 1 N–H and O–H groups in total. The number of aromatic nitrogens is 2. The molecular formula is C11H18N2O2. The van der Waals surface area contributed by atoms with Crippen LogP contribution in [0.1, 0.15) is 44.6 Å². The molecule has 0 saturated carbocycles. The first-order valence-electron chi connectivity index (χ1n) is 5.44. The Morgan fingerprint density at radius 2 is 2.27 bits per heavy atom. The first-order valence-corrected chi connectivity index (χ1v) is 5.44. The summed E-state index contributed by atoms with van der Waals surface area (Å²) in [6.45, 7) is 4.91. The number of hydrogen-bond donors (Lipinski definition) is 1. The van der Waals surface area contributed by atoms with Crippen molar-refractivity contribution in [2.24, 2.45) is 0 Å². The Morgan fingerprint density at radius 3 is 2.80 bits per heavy atom. The minimum atomic E-state index is -0.757. The molecule has 0 saturated heterocycles. The van der Waals surface area contributed by atoms with Gasteiger partial charge in [0.1, 0.15) is 0 Å². The van der Waals surface area contributed by atoms with Gasteiger partial charge in [0.25, 0.3) is 0 Å². The maximum Gasteiger partial charge on any atom is 0.311 e. The van der Waals surface area contributed by atoms with Gasteiger partial charge in [-0.25, -0.2) is 0 Å². The van der Waals surface area contributed by atoms with Crippen molar-refractivity contribution in [3.63, 3.8) is 0 Å². The van der Waals surface area contributed by atoms with Gasteiger partial charge in [-0.2, -0.15) is 5.10 Å². The van der Waals surface area contributed by atoms with E-state index in [0.717, 1.165) is 24.9 Å². The van der Waals surface area contributed by atoms with Gasteiger partial charge in [0, 0.05) is 18.3 Å². The molecular weight excluding hydrogens is 192 g/mol. The van der Waals surface area contributed by atoms with E-state index in [1.54, 1.807) is 10.9 Å². The number of hydrogen-bond acceptors (Lipinski definition) is 2. The third-order valence-electron chi connectivity index (χ3n) is 2.38. The molecule has 15 heavy (non-hydrogen) atoms. The van der Waals surface area contributed by atoms with E-state index in [1.807, 2.05) is 13.1 Å². The van der Waals surface area contributed by atoms with Crippen LogP contribution in [0.25, 0.3) is 0 Å². The van der Waals surface area contributed by atoms with Gasteiger partial charge in [0.2, 0.25) is 0 Å². The predicted octanol–water partition coefficient (Wildman–Crippen LogP) is 2.26. The van der Waals surface area contributed by atoms with Crippen LogP contribution in [0.3, 0.4) is 0 Å². The first-order chi connectivity index (χ1) is 7.19. The lowest BCUT2D eigenvalue weighted by Crippen LogP contribution is -2.10. The SMILES string of the molecule is CCCC(C(=O)O)c1cnn(CCC)c1. The lowest BCUT2D eigenvalue weighted by Gasteiger charge is -2.07. The third kappa shape index (κ3) is 3.08. The molecule has 1 heterocycles. The zero-order valence-electron chi connectivity index (χ0n) is 9.31. The van der Waals surface area contributed by atoms with E-state index in [-0.39, 0.29) is 0 Å². The number of rotatable bonds is 6. The number of carboxylic acids is 1. The molecule has 1 unspecified atom stereocenters. The Morgan fingerprint density at radius 1 is 1.53 bits per heavy atom. The van der Waals surface area contributed by atoms with Crippen molar-refractivity contribution in [1.82, 2.24) is 9.78 Å². The van der Waals surface area contributed by atoms with E-state index in [9.17, 15) is 4.79 Å². The van der Waals surface area contributed by atoms with Crippen molar-refractivity contribution in [2.45, 2.75) is 45.6 Å². The lowest BCUT2D eigenvalue weighted by molar-refractivity contribution is -0.139. The summed E-state index contributed by atoms with van der Waals surface area (Å²) in [5, 5.41) is 13.2. The molecule has 0 bridgehead atoms. The number of aryl methyl sites for hydroxylation is 1. The van der Waals surface area contributed by atoms with Crippen molar-refractivity contribution in [3.05, 3.63) is 18.0 Å². The van der Waals surface area contributed by atoms with Crippen molar-refractivity contribution in [3.8, 4) is 0 Å². The number of aliphatic carboxylic acids is 1. The highest BCUT2D eigenvalue weighted by Crippen LogP contribution is 2.20. The van der Waals surface area contributed by atoms with Crippen LogP contribution in [0.4, 0.5) is 0 Å². The Bertz CT molecular complexity index is 320. The molecule has 84 valence electrons. The summed E-state index contributed by atoms with van der Waals surface area (Å²) in [6.07, 6.45) is 6.07. The van der Waals surface area contributed by atoms with E-state index < -0.39 is 11.9 Å². The van der Waals surface area contributed by atoms with Crippen molar-refractivity contribution >= 4 is 5.97 Å². The highest BCUT2D eigenvalue weighted by molar-refractivity contribution is 5.75. The second kappa shape index (κ2) is 5.53. The average molecular weight is 210 g/mol. The topological polar surface area (TPSA) is 55.1 Å². The van der Waals surface area contributed by atoms with E-state index in [1.165, 1.54) is 0 Å². The fourth-order valence-electron chi connectivity index (χ4n) is 1.63. The second-order valence-corrected chi connectivity index (χ2v) is 3.72. The lowest BCUT2D eigenvalue weighted by atomic mass is 9.98. The Balaban J connectivity index is 2.77. The number of nitrogens with zero attached hydrogens (tertiary/aromatic N) is 2. The molecule has 0 aromatic carbocycles. The number of carbonyl (C=O) groups is 1. The summed E-state index contributed by atoms with van der Waals surface area (Å²) in [7, 11) is 0.